The Morgan fingerprint density at radius 2 is 2.24 bits per heavy atom. The van der Waals surface area contributed by atoms with Crippen molar-refractivity contribution in [2.45, 2.75) is 25.0 Å². The molecule has 1 aromatic heterocycles. The number of hydrogen-bond acceptors (Lipinski definition) is 3. The van der Waals surface area contributed by atoms with Gasteiger partial charge in [-0.15, -0.1) is 11.3 Å². The van der Waals surface area contributed by atoms with E-state index >= 15 is 0 Å². The molecule has 5 heteroatoms. The van der Waals surface area contributed by atoms with Crippen molar-refractivity contribution in [1.29, 1.82) is 0 Å². The Morgan fingerprint density at radius 1 is 1.47 bits per heavy atom. The molecule has 2 heterocycles. The van der Waals surface area contributed by atoms with Crippen LogP contribution >= 0.6 is 39.0 Å². The molecule has 0 aromatic carbocycles. The molecule has 0 N–H and O–H groups in total. The minimum absolute atomic E-state index is 0.171. The number of carbonyl (C=O) groups is 1. The van der Waals surface area contributed by atoms with E-state index in [2.05, 4.69) is 29.8 Å². The first-order valence-electron chi connectivity index (χ1n) is 5.66. The van der Waals surface area contributed by atoms with Crippen LogP contribution in [0.4, 0.5) is 0 Å². The van der Waals surface area contributed by atoms with E-state index in [1.54, 1.807) is 0 Å². The Labute approximate surface area is 119 Å². The molecule has 2 nitrogen and oxygen atoms in total. The lowest BCUT2D eigenvalue weighted by atomic mass is 10.1. The lowest BCUT2D eigenvalue weighted by Gasteiger charge is -2.22. The standard InChI is InChI=1S/C12H16BrNOS2/c1-12(2)4-5-14(6-8-17-12)11(15)10-9(13)3-7-16-10/h3,7H,4-6,8H2,1-2H3. The third kappa shape index (κ3) is 3.26. The highest BCUT2D eigenvalue weighted by molar-refractivity contribution is 9.10. The summed E-state index contributed by atoms with van der Waals surface area (Å²) in [5, 5.41) is 1.95. The number of nitrogens with zero attached hydrogens (tertiary/aromatic N) is 1. The average Bonchev–Trinajstić information content (AvgIpc) is 2.59. The molecule has 1 aliphatic heterocycles. The van der Waals surface area contributed by atoms with Crippen molar-refractivity contribution in [2.75, 3.05) is 18.8 Å². The summed E-state index contributed by atoms with van der Waals surface area (Å²) in [7, 11) is 0. The van der Waals surface area contributed by atoms with Crippen LogP contribution in [-0.2, 0) is 0 Å². The fourth-order valence-electron chi connectivity index (χ4n) is 1.81. The van der Waals surface area contributed by atoms with Crippen LogP contribution in [0.3, 0.4) is 0 Å². The molecule has 1 saturated heterocycles. The van der Waals surface area contributed by atoms with Gasteiger partial charge in [-0.1, -0.05) is 13.8 Å². The van der Waals surface area contributed by atoms with Crippen LogP contribution in [0.25, 0.3) is 0 Å². The fraction of sp³-hybridized carbons (Fsp3) is 0.583. The van der Waals surface area contributed by atoms with Crippen LogP contribution in [0.2, 0.25) is 0 Å². The Kier molecular flexibility index (Phi) is 4.21. The molecule has 0 saturated carbocycles. The van der Waals surface area contributed by atoms with E-state index in [9.17, 15) is 4.79 Å². The van der Waals surface area contributed by atoms with Crippen LogP contribution in [-0.4, -0.2) is 34.4 Å². The van der Waals surface area contributed by atoms with E-state index in [-0.39, 0.29) is 5.91 Å². The van der Waals surface area contributed by atoms with Gasteiger partial charge >= 0.3 is 0 Å². The number of thiophene rings is 1. The minimum Gasteiger partial charge on any atom is -0.337 e. The molecular formula is C12H16BrNOS2. The van der Waals surface area contributed by atoms with Gasteiger partial charge in [0.15, 0.2) is 0 Å². The number of halogens is 1. The van der Waals surface area contributed by atoms with Crippen LogP contribution in [0.5, 0.6) is 0 Å². The third-order valence-electron chi connectivity index (χ3n) is 2.94. The second kappa shape index (κ2) is 5.33. The number of amides is 1. The van der Waals surface area contributed by atoms with Gasteiger partial charge in [-0.25, -0.2) is 0 Å². The van der Waals surface area contributed by atoms with E-state index in [1.807, 2.05) is 28.1 Å². The maximum absolute atomic E-state index is 12.3. The molecule has 1 aliphatic rings. The average molecular weight is 334 g/mol. The van der Waals surface area contributed by atoms with Gasteiger partial charge in [0.1, 0.15) is 4.88 Å². The topological polar surface area (TPSA) is 20.3 Å². The smallest absolute Gasteiger partial charge is 0.265 e. The zero-order chi connectivity index (χ0) is 12.5. The summed E-state index contributed by atoms with van der Waals surface area (Å²) in [5.41, 5.74) is 0. The zero-order valence-corrected chi connectivity index (χ0v) is 13.3. The summed E-state index contributed by atoms with van der Waals surface area (Å²) in [6, 6.07) is 1.94. The maximum atomic E-state index is 12.3. The monoisotopic (exact) mass is 333 g/mol. The summed E-state index contributed by atoms with van der Waals surface area (Å²) >= 11 is 6.91. The molecule has 0 aliphatic carbocycles. The Morgan fingerprint density at radius 3 is 2.88 bits per heavy atom. The molecule has 0 radical (unpaired) electrons. The molecule has 1 aromatic rings. The summed E-state index contributed by atoms with van der Waals surface area (Å²) in [6.07, 6.45) is 1.06. The van der Waals surface area contributed by atoms with Crippen LogP contribution in [0, 0.1) is 0 Å². The van der Waals surface area contributed by atoms with Crippen molar-refractivity contribution in [3.8, 4) is 0 Å². The third-order valence-corrected chi connectivity index (χ3v) is 6.13. The number of hydrogen-bond donors (Lipinski definition) is 0. The zero-order valence-electron chi connectivity index (χ0n) is 10.0. The summed E-state index contributed by atoms with van der Waals surface area (Å²) in [6.45, 7) is 6.24. The van der Waals surface area contributed by atoms with Crippen molar-refractivity contribution in [2.24, 2.45) is 0 Å². The molecule has 0 spiro atoms. The molecule has 0 unspecified atom stereocenters. The van der Waals surface area contributed by atoms with E-state index in [0.717, 1.165) is 34.6 Å². The first-order valence-corrected chi connectivity index (χ1v) is 8.32. The second-order valence-corrected chi connectivity index (χ2v) is 8.32. The van der Waals surface area contributed by atoms with Gasteiger partial charge in [0.2, 0.25) is 0 Å². The van der Waals surface area contributed by atoms with Gasteiger partial charge in [-0.3, -0.25) is 4.79 Å². The summed E-state index contributed by atoms with van der Waals surface area (Å²) < 4.78 is 1.21. The molecule has 2 rings (SSSR count). The van der Waals surface area contributed by atoms with Crippen LogP contribution in [0.1, 0.15) is 29.9 Å². The SMILES string of the molecule is CC1(C)CCN(C(=O)c2sccc2Br)CCS1. The van der Waals surface area contributed by atoms with Crippen molar-refractivity contribution < 1.29 is 4.79 Å². The Bertz CT molecular complexity index is 416. The van der Waals surface area contributed by atoms with E-state index < -0.39 is 0 Å². The lowest BCUT2D eigenvalue weighted by molar-refractivity contribution is 0.0768. The highest BCUT2D eigenvalue weighted by atomic mass is 79.9. The molecule has 0 bridgehead atoms. The highest BCUT2D eigenvalue weighted by Crippen LogP contribution is 2.32. The molecule has 1 fully saturated rings. The van der Waals surface area contributed by atoms with Gasteiger partial charge in [0, 0.05) is 28.1 Å². The number of rotatable bonds is 1. The van der Waals surface area contributed by atoms with Gasteiger partial charge < -0.3 is 4.90 Å². The first kappa shape index (κ1) is 13.4. The molecule has 17 heavy (non-hydrogen) atoms. The predicted molar refractivity (Wildman–Crippen MR) is 79.1 cm³/mol. The van der Waals surface area contributed by atoms with E-state index in [1.165, 1.54) is 11.3 Å². The van der Waals surface area contributed by atoms with Gasteiger partial charge in [0.25, 0.3) is 5.91 Å². The summed E-state index contributed by atoms with van der Waals surface area (Å²) in [5.74, 6) is 1.20. The fourth-order valence-corrected chi connectivity index (χ4v) is 4.42. The van der Waals surface area contributed by atoms with Crippen LogP contribution < -0.4 is 0 Å². The molecular weight excluding hydrogens is 318 g/mol. The molecule has 94 valence electrons. The second-order valence-electron chi connectivity index (χ2n) is 4.75. The van der Waals surface area contributed by atoms with Crippen LogP contribution in [0.15, 0.2) is 15.9 Å². The highest BCUT2D eigenvalue weighted by Gasteiger charge is 2.27. The Hall–Kier alpha value is -0.000000000000000111. The maximum Gasteiger partial charge on any atom is 0.265 e. The molecule has 0 atom stereocenters. The van der Waals surface area contributed by atoms with Gasteiger partial charge in [-0.05, 0) is 33.8 Å². The van der Waals surface area contributed by atoms with Gasteiger partial charge in [0.05, 0.1) is 0 Å². The van der Waals surface area contributed by atoms with Crippen molar-refractivity contribution in [3.63, 3.8) is 0 Å². The normalized spacial score (nSPS) is 20.1. The first-order chi connectivity index (χ1) is 7.99. The van der Waals surface area contributed by atoms with Crippen molar-refractivity contribution in [1.82, 2.24) is 4.90 Å². The van der Waals surface area contributed by atoms with Gasteiger partial charge in [-0.2, -0.15) is 11.8 Å². The lowest BCUT2D eigenvalue weighted by Crippen LogP contribution is -2.33. The van der Waals surface area contributed by atoms with Crippen molar-refractivity contribution >= 4 is 44.9 Å². The number of carbonyl (C=O) groups excluding carboxylic acids is 1. The van der Waals surface area contributed by atoms with Crippen molar-refractivity contribution in [3.05, 3.63) is 20.8 Å². The quantitative estimate of drug-likeness (QED) is 0.777. The van der Waals surface area contributed by atoms with E-state index in [4.69, 9.17) is 0 Å². The van der Waals surface area contributed by atoms with E-state index in [0.29, 0.717) is 4.75 Å². The Balaban J connectivity index is 2.08. The summed E-state index contributed by atoms with van der Waals surface area (Å²) in [4.78, 5) is 15.2. The number of thioether (sulfide) groups is 1. The minimum atomic E-state index is 0.171. The largest absolute Gasteiger partial charge is 0.337 e. The molecule has 1 amide bonds. The predicted octanol–water partition coefficient (Wildman–Crippen LogP) is 3.87.